The minimum atomic E-state index is -0.548. The Morgan fingerprint density at radius 1 is 1.15 bits per heavy atom. The third-order valence-electron chi connectivity index (χ3n) is 6.09. The van der Waals surface area contributed by atoms with Crippen LogP contribution in [0.1, 0.15) is 42.2 Å². The largest absolute Gasteiger partial charge is 0.496 e. The lowest BCUT2D eigenvalue weighted by Gasteiger charge is -2.37. The predicted molar refractivity (Wildman–Crippen MR) is 101 cm³/mol. The molecule has 2 aromatic rings. The van der Waals surface area contributed by atoms with Crippen LogP contribution in [-0.2, 0) is 0 Å². The Kier molecular flexibility index (Phi) is 4.45. The van der Waals surface area contributed by atoms with Crippen molar-refractivity contribution in [3.8, 4) is 17.0 Å². The molecule has 138 valence electrons. The number of aliphatic hydroxyl groups is 1. The summed E-state index contributed by atoms with van der Waals surface area (Å²) >= 11 is 0. The van der Waals surface area contributed by atoms with Gasteiger partial charge in [-0.25, -0.2) is 0 Å². The van der Waals surface area contributed by atoms with E-state index in [1.807, 2.05) is 32.0 Å². The van der Waals surface area contributed by atoms with Crippen LogP contribution in [0, 0.1) is 19.3 Å². The van der Waals surface area contributed by atoms with Gasteiger partial charge < -0.3 is 14.7 Å². The summed E-state index contributed by atoms with van der Waals surface area (Å²) in [5, 5.41) is 20.0. The first-order valence-electron chi connectivity index (χ1n) is 9.42. The Balaban J connectivity index is 1.66. The molecule has 2 fully saturated rings. The quantitative estimate of drug-likeness (QED) is 0.914. The van der Waals surface area contributed by atoms with Crippen molar-refractivity contribution in [2.24, 2.45) is 5.41 Å². The summed E-state index contributed by atoms with van der Waals surface area (Å²) in [5.41, 5.74) is 4.55. The lowest BCUT2D eigenvalue weighted by atomic mass is 9.74. The fourth-order valence-corrected chi connectivity index (χ4v) is 4.61. The molecule has 5 heteroatoms. The molecule has 2 aliphatic rings. The number of fused-ring (bicyclic) bond motifs is 2. The first kappa shape index (κ1) is 17.4. The van der Waals surface area contributed by atoms with Crippen LogP contribution in [0.25, 0.3) is 11.3 Å². The number of aromatic nitrogens is 2. The van der Waals surface area contributed by atoms with Crippen LogP contribution in [0.5, 0.6) is 5.75 Å². The van der Waals surface area contributed by atoms with Gasteiger partial charge in [0.25, 0.3) is 0 Å². The standard InChI is InChI=1S/C21H27N3O2/c1-14-5-6-16(18(11-14)26-3)19-15(2)12-17(22-23-19)20(25)21-7-4-9-24(13-21)10-8-21/h5-6,11-12,20,25H,4,7-10,13H2,1-3H3. The Bertz CT molecular complexity index is 819. The molecule has 4 rings (SSSR count). The molecule has 1 N–H and O–H groups in total. The van der Waals surface area contributed by atoms with Gasteiger partial charge in [0.1, 0.15) is 11.9 Å². The van der Waals surface area contributed by atoms with Crippen LogP contribution in [0.2, 0.25) is 0 Å². The van der Waals surface area contributed by atoms with Gasteiger partial charge in [-0.2, -0.15) is 5.10 Å². The zero-order chi connectivity index (χ0) is 18.3. The van der Waals surface area contributed by atoms with Gasteiger partial charge in [-0.05, 0) is 75.5 Å². The van der Waals surface area contributed by atoms with Crippen molar-refractivity contribution < 1.29 is 9.84 Å². The number of hydrogen-bond acceptors (Lipinski definition) is 5. The van der Waals surface area contributed by atoms with E-state index in [-0.39, 0.29) is 5.41 Å². The van der Waals surface area contributed by atoms with E-state index in [2.05, 4.69) is 21.2 Å². The molecule has 3 atom stereocenters. The third kappa shape index (κ3) is 2.89. The topological polar surface area (TPSA) is 58.5 Å². The lowest BCUT2D eigenvalue weighted by Crippen LogP contribution is -2.38. The van der Waals surface area contributed by atoms with E-state index in [9.17, 15) is 5.11 Å². The highest BCUT2D eigenvalue weighted by molar-refractivity contribution is 5.70. The molecule has 26 heavy (non-hydrogen) atoms. The molecular formula is C21H27N3O2. The first-order valence-corrected chi connectivity index (χ1v) is 9.42. The van der Waals surface area contributed by atoms with Gasteiger partial charge in [0.05, 0.1) is 18.5 Å². The van der Waals surface area contributed by atoms with Crippen LogP contribution >= 0.6 is 0 Å². The SMILES string of the molecule is COc1cc(C)ccc1-c1nnc(C(O)C23CCCN(CC2)C3)cc1C. The molecule has 0 saturated carbocycles. The molecule has 2 saturated heterocycles. The van der Waals surface area contributed by atoms with E-state index in [0.717, 1.165) is 67.0 Å². The highest BCUT2D eigenvalue weighted by Gasteiger charge is 2.47. The molecule has 5 nitrogen and oxygen atoms in total. The monoisotopic (exact) mass is 353 g/mol. The first-order chi connectivity index (χ1) is 12.5. The van der Waals surface area contributed by atoms with E-state index >= 15 is 0 Å². The highest BCUT2D eigenvalue weighted by Crippen LogP contribution is 2.48. The number of aliphatic hydroxyl groups excluding tert-OH is 1. The molecule has 2 aliphatic heterocycles. The molecule has 3 heterocycles. The maximum atomic E-state index is 11.1. The number of nitrogens with zero attached hydrogens (tertiary/aromatic N) is 3. The second-order valence-electron chi connectivity index (χ2n) is 7.90. The van der Waals surface area contributed by atoms with Crippen molar-refractivity contribution in [3.63, 3.8) is 0 Å². The number of benzene rings is 1. The van der Waals surface area contributed by atoms with Crippen LogP contribution < -0.4 is 4.74 Å². The summed E-state index contributed by atoms with van der Waals surface area (Å²) in [5.74, 6) is 0.799. The van der Waals surface area contributed by atoms with E-state index in [0.29, 0.717) is 5.69 Å². The molecule has 1 aromatic carbocycles. The zero-order valence-corrected chi connectivity index (χ0v) is 15.8. The summed E-state index contributed by atoms with van der Waals surface area (Å²) in [4.78, 5) is 2.46. The Morgan fingerprint density at radius 3 is 2.77 bits per heavy atom. The summed E-state index contributed by atoms with van der Waals surface area (Å²) in [6.07, 6.45) is 2.72. The van der Waals surface area contributed by atoms with Gasteiger partial charge in [-0.1, -0.05) is 6.07 Å². The average Bonchev–Trinajstić information content (AvgIpc) is 2.96. The molecule has 1 aromatic heterocycles. The van der Waals surface area contributed by atoms with E-state index < -0.39 is 6.10 Å². The van der Waals surface area contributed by atoms with Gasteiger partial charge in [-0.15, -0.1) is 5.10 Å². The summed E-state index contributed by atoms with van der Waals surface area (Å²) in [6, 6.07) is 8.08. The number of hydrogen-bond donors (Lipinski definition) is 1. The number of piperidine rings is 1. The van der Waals surface area contributed by atoms with Gasteiger partial charge >= 0.3 is 0 Å². The van der Waals surface area contributed by atoms with Crippen LogP contribution in [0.4, 0.5) is 0 Å². The van der Waals surface area contributed by atoms with Crippen molar-refractivity contribution in [2.45, 2.75) is 39.2 Å². The van der Waals surface area contributed by atoms with Gasteiger partial charge in [0.2, 0.25) is 0 Å². The van der Waals surface area contributed by atoms with E-state index in [1.165, 1.54) is 0 Å². The summed E-state index contributed by atoms with van der Waals surface area (Å²) in [7, 11) is 1.67. The Morgan fingerprint density at radius 2 is 2.00 bits per heavy atom. The second-order valence-corrected chi connectivity index (χ2v) is 7.90. The van der Waals surface area contributed by atoms with Gasteiger partial charge in [0, 0.05) is 17.5 Å². The van der Waals surface area contributed by atoms with Crippen molar-refractivity contribution >= 4 is 0 Å². The minimum Gasteiger partial charge on any atom is -0.496 e. The average molecular weight is 353 g/mol. The lowest BCUT2D eigenvalue weighted by molar-refractivity contribution is 0.00373. The number of rotatable bonds is 4. The number of ether oxygens (including phenoxy) is 1. The van der Waals surface area contributed by atoms with Crippen LogP contribution in [0.15, 0.2) is 24.3 Å². The molecule has 0 amide bonds. The van der Waals surface area contributed by atoms with E-state index in [4.69, 9.17) is 4.74 Å². The van der Waals surface area contributed by atoms with Crippen molar-refractivity contribution in [3.05, 3.63) is 41.1 Å². The fraction of sp³-hybridized carbons (Fsp3) is 0.524. The molecule has 0 aliphatic carbocycles. The summed E-state index contributed by atoms with van der Waals surface area (Å²) < 4.78 is 5.52. The number of aryl methyl sites for hydroxylation is 2. The minimum absolute atomic E-state index is 0.0531. The van der Waals surface area contributed by atoms with E-state index in [1.54, 1.807) is 7.11 Å². The second kappa shape index (κ2) is 6.63. The zero-order valence-electron chi connectivity index (χ0n) is 15.8. The van der Waals surface area contributed by atoms with Crippen LogP contribution in [0.3, 0.4) is 0 Å². The van der Waals surface area contributed by atoms with Crippen molar-refractivity contribution in [1.82, 2.24) is 15.1 Å². The van der Waals surface area contributed by atoms with Crippen LogP contribution in [-0.4, -0.2) is 46.9 Å². The molecule has 2 bridgehead atoms. The molecule has 0 spiro atoms. The molecule has 0 radical (unpaired) electrons. The number of methoxy groups -OCH3 is 1. The predicted octanol–water partition coefficient (Wildman–Crippen LogP) is 3.29. The maximum absolute atomic E-state index is 11.1. The third-order valence-corrected chi connectivity index (χ3v) is 6.09. The normalized spacial score (nSPS) is 25.9. The van der Waals surface area contributed by atoms with Gasteiger partial charge in [-0.3, -0.25) is 0 Å². The molecular weight excluding hydrogens is 326 g/mol. The highest BCUT2D eigenvalue weighted by atomic mass is 16.5. The van der Waals surface area contributed by atoms with Gasteiger partial charge in [0.15, 0.2) is 0 Å². The van der Waals surface area contributed by atoms with Crippen molar-refractivity contribution in [1.29, 1.82) is 0 Å². The molecule has 3 unspecified atom stereocenters. The smallest absolute Gasteiger partial charge is 0.128 e. The fourth-order valence-electron chi connectivity index (χ4n) is 4.61. The Hall–Kier alpha value is -1.98. The Labute approximate surface area is 155 Å². The maximum Gasteiger partial charge on any atom is 0.128 e. The van der Waals surface area contributed by atoms with Crippen molar-refractivity contribution in [2.75, 3.05) is 26.7 Å². The summed E-state index contributed by atoms with van der Waals surface area (Å²) in [6.45, 7) is 7.29.